The van der Waals surface area contributed by atoms with E-state index in [4.69, 9.17) is 5.11 Å². The highest BCUT2D eigenvalue weighted by Crippen LogP contribution is 2.20. The first-order valence-electron chi connectivity index (χ1n) is 6.75. The second-order valence-electron chi connectivity index (χ2n) is 5.12. The van der Waals surface area contributed by atoms with Crippen LogP contribution in [0.25, 0.3) is 0 Å². The van der Waals surface area contributed by atoms with Gasteiger partial charge < -0.3 is 15.3 Å². The van der Waals surface area contributed by atoms with Crippen LogP contribution in [0.1, 0.15) is 39.5 Å². The van der Waals surface area contributed by atoms with E-state index in [1.807, 2.05) is 4.90 Å². The van der Waals surface area contributed by atoms with E-state index in [0.717, 1.165) is 19.4 Å². The third-order valence-electron chi connectivity index (χ3n) is 3.62. The molecule has 0 aromatic heterocycles. The number of carbonyl (C=O) groups excluding carboxylic acids is 1. The fourth-order valence-corrected chi connectivity index (χ4v) is 2.14. The molecule has 0 aromatic carbocycles. The molecule has 1 saturated heterocycles. The molecule has 1 aliphatic rings. The van der Waals surface area contributed by atoms with Crippen molar-refractivity contribution >= 4 is 11.9 Å². The lowest BCUT2D eigenvalue weighted by molar-refractivity contribution is -0.137. The highest BCUT2D eigenvalue weighted by Gasteiger charge is 2.26. The van der Waals surface area contributed by atoms with Gasteiger partial charge in [-0.1, -0.05) is 6.92 Å². The second-order valence-corrected chi connectivity index (χ2v) is 5.12. The highest BCUT2D eigenvalue weighted by molar-refractivity contribution is 5.78. The van der Waals surface area contributed by atoms with Crippen LogP contribution in [-0.2, 0) is 9.59 Å². The van der Waals surface area contributed by atoms with Crippen LogP contribution in [0.3, 0.4) is 0 Å². The number of hydrogen-bond acceptors (Lipinski definition) is 3. The Labute approximate surface area is 109 Å². The number of likely N-dealkylation sites (tertiary alicyclic amines) is 1. The Hall–Kier alpha value is -1.10. The summed E-state index contributed by atoms with van der Waals surface area (Å²) in [7, 11) is 0. The first kappa shape index (κ1) is 15.0. The maximum Gasteiger partial charge on any atom is 0.303 e. The van der Waals surface area contributed by atoms with E-state index in [2.05, 4.69) is 19.2 Å². The number of aliphatic carboxylic acids is 1. The second kappa shape index (κ2) is 7.36. The Balaban J connectivity index is 2.24. The first-order valence-corrected chi connectivity index (χ1v) is 6.75. The summed E-state index contributed by atoms with van der Waals surface area (Å²) in [6, 6.07) is 0.361. The van der Waals surface area contributed by atoms with Gasteiger partial charge in [-0.25, -0.2) is 0 Å². The smallest absolute Gasteiger partial charge is 0.303 e. The van der Waals surface area contributed by atoms with Gasteiger partial charge in [-0.2, -0.15) is 0 Å². The molecule has 0 bridgehead atoms. The van der Waals surface area contributed by atoms with Gasteiger partial charge in [-0.15, -0.1) is 0 Å². The fraction of sp³-hybridized carbons (Fsp3) is 0.846. The zero-order valence-corrected chi connectivity index (χ0v) is 11.3. The molecule has 1 amide bonds. The number of rotatable bonds is 7. The van der Waals surface area contributed by atoms with Crippen molar-refractivity contribution in [1.29, 1.82) is 0 Å². The van der Waals surface area contributed by atoms with Crippen molar-refractivity contribution in [3.05, 3.63) is 0 Å². The van der Waals surface area contributed by atoms with Gasteiger partial charge in [0, 0.05) is 25.6 Å². The average molecular weight is 256 g/mol. The van der Waals surface area contributed by atoms with Gasteiger partial charge in [0.15, 0.2) is 0 Å². The minimum atomic E-state index is -0.752. The van der Waals surface area contributed by atoms with E-state index in [0.29, 0.717) is 31.5 Å². The zero-order valence-electron chi connectivity index (χ0n) is 11.3. The van der Waals surface area contributed by atoms with Gasteiger partial charge in [0.25, 0.3) is 0 Å². The molecule has 18 heavy (non-hydrogen) atoms. The summed E-state index contributed by atoms with van der Waals surface area (Å²) in [5, 5.41) is 11.8. The minimum Gasteiger partial charge on any atom is -0.481 e. The minimum absolute atomic E-state index is 0.133. The standard InChI is InChI=1S/C13H24N2O3/c1-3-10(2)14-8-12(16)15-7-6-11(9-15)4-5-13(17)18/h10-11,14H,3-9H2,1-2H3,(H,17,18). The summed E-state index contributed by atoms with van der Waals surface area (Å²) in [5.41, 5.74) is 0. The van der Waals surface area contributed by atoms with E-state index >= 15 is 0 Å². The van der Waals surface area contributed by atoms with Crippen molar-refractivity contribution in [2.24, 2.45) is 5.92 Å². The van der Waals surface area contributed by atoms with Crippen LogP contribution in [0, 0.1) is 5.92 Å². The van der Waals surface area contributed by atoms with E-state index in [1.165, 1.54) is 0 Å². The lowest BCUT2D eigenvalue weighted by atomic mass is 10.0. The number of carboxylic acids is 1. The Kier molecular flexibility index (Phi) is 6.12. The lowest BCUT2D eigenvalue weighted by Crippen LogP contribution is -2.39. The number of amides is 1. The molecule has 2 unspecified atom stereocenters. The number of nitrogens with one attached hydrogen (secondary N) is 1. The van der Waals surface area contributed by atoms with Crippen molar-refractivity contribution in [3.63, 3.8) is 0 Å². The van der Waals surface area contributed by atoms with Crippen molar-refractivity contribution in [2.75, 3.05) is 19.6 Å². The summed E-state index contributed by atoms with van der Waals surface area (Å²) in [6.07, 6.45) is 2.83. The highest BCUT2D eigenvalue weighted by atomic mass is 16.4. The molecule has 1 fully saturated rings. The third kappa shape index (κ3) is 5.04. The van der Waals surface area contributed by atoms with Gasteiger partial charge in [-0.05, 0) is 32.1 Å². The SMILES string of the molecule is CCC(C)NCC(=O)N1CCC(CCC(=O)O)C1. The third-order valence-corrected chi connectivity index (χ3v) is 3.62. The Morgan fingerprint density at radius 3 is 2.83 bits per heavy atom. The molecule has 2 atom stereocenters. The first-order chi connectivity index (χ1) is 8.52. The van der Waals surface area contributed by atoms with Crippen molar-refractivity contribution < 1.29 is 14.7 Å². The summed E-state index contributed by atoms with van der Waals surface area (Å²) in [6.45, 7) is 6.02. The summed E-state index contributed by atoms with van der Waals surface area (Å²) < 4.78 is 0. The number of hydrogen-bond donors (Lipinski definition) is 2. The molecule has 0 saturated carbocycles. The molecule has 1 aliphatic heterocycles. The average Bonchev–Trinajstić information content (AvgIpc) is 2.81. The van der Waals surface area contributed by atoms with Gasteiger partial charge in [0.2, 0.25) is 5.91 Å². The molecule has 5 heteroatoms. The van der Waals surface area contributed by atoms with E-state index in [-0.39, 0.29) is 12.3 Å². The molecule has 104 valence electrons. The van der Waals surface area contributed by atoms with Gasteiger partial charge in [0.1, 0.15) is 0 Å². The van der Waals surface area contributed by atoms with Gasteiger partial charge in [-0.3, -0.25) is 9.59 Å². The van der Waals surface area contributed by atoms with Crippen molar-refractivity contribution in [3.8, 4) is 0 Å². The molecular weight excluding hydrogens is 232 g/mol. The van der Waals surface area contributed by atoms with E-state index in [1.54, 1.807) is 0 Å². The van der Waals surface area contributed by atoms with E-state index in [9.17, 15) is 9.59 Å². The number of carboxylic acid groups (broad SMARTS) is 1. The maximum absolute atomic E-state index is 11.9. The molecule has 5 nitrogen and oxygen atoms in total. The molecule has 1 rings (SSSR count). The topological polar surface area (TPSA) is 69.6 Å². The van der Waals surface area contributed by atoms with Crippen LogP contribution < -0.4 is 5.32 Å². The van der Waals surface area contributed by atoms with Crippen molar-refractivity contribution in [2.45, 2.75) is 45.6 Å². The summed E-state index contributed by atoms with van der Waals surface area (Å²) in [5.74, 6) is -0.264. The van der Waals surface area contributed by atoms with Crippen LogP contribution in [0.2, 0.25) is 0 Å². The number of carbonyl (C=O) groups is 2. The predicted octanol–water partition coefficient (Wildman–Crippen LogP) is 1.09. The van der Waals surface area contributed by atoms with Gasteiger partial charge >= 0.3 is 5.97 Å². The normalized spacial score (nSPS) is 21.0. The molecule has 0 radical (unpaired) electrons. The maximum atomic E-state index is 11.9. The van der Waals surface area contributed by atoms with Crippen LogP contribution in [0.5, 0.6) is 0 Å². The van der Waals surface area contributed by atoms with Crippen LogP contribution in [0.15, 0.2) is 0 Å². The molecule has 0 aromatic rings. The molecule has 2 N–H and O–H groups in total. The quantitative estimate of drug-likeness (QED) is 0.715. The Morgan fingerprint density at radius 1 is 1.50 bits per heavy atom. The molecular formula is C13H24N2O3. The van der Waals surface area contributed by atoms with Crippen LogP contribution >= 0.6 is 0 Å². The summed E-state index contributed by atoms with van der Waals surface area (Å²) in [4.78, 5) is 24.2. The molecule has 0 aliphatic carbocycles. The fourth-order valence-electron chi connectivity index (χ4n) is 2.14. The Bertz CT molecular complexity index is 294. The van der Waals surface area contributed by atoms with E-state index < -0.39 is 5.97 Å². The lowest BCUT2D eigenvalue weighted by Gasteiger charge is -2.18. The van der Waals surface area contributed by atoms with Gasteiger partial charge in [0.05, 0.1) is 6.54 Å². The Morgan fingerprint density at radius 2 is 2.22 bits per heavy atom. The monoisotopic (exact) mass is 256 g/mol. The van der Waals surface area contributed by atoms with Crippen LogP contribution in [0.4, 0.5) is 0 Å². The van der Waals surface area contributed by atoms with Crippen LogP contribution in [-0.4, -0.2) is 47.6 Å². The number of nitrogens with zero attached hydrogens (tertiary/aromatic N) is 1. The largest absolute Gasteiger partial charge is 0.481 e. The van der Waals surface area contributed by atoms with Crippen molar-refractivity contribution in [1.82, 2.24) is 10.2 Å². The predicted molar refractivity (Wildman–Crippen MR) is 69.3 cm³/mol. The zero-order chi connectivity index (χ0) is 13.5. The molecule has 1 heterocycles. The molecule has 0 spiro atoms. The summed E-state index contributed by atoms with van der Waals surface area (Å²) >= 11 is 0.